The van der Waals surface area contributed by atoms with E-state index < -0.39 is 0 Å². The Hall–Kier alpha value is -2.93. The maximum Gasteiger partial charge on any atom is 0.247 e. The maximum absolute atomic E-state index is 5.93. The Morgan fingerprint density at radius 1 is 0.966 bits per heavy atom. The summed E-state index contributed by atoms with van der Waals surface area (Å²) >= 11 is 1.57. The largest absolute Gasteiger partial charge is 0.419 e. The van der Waals surface area contributed by atoms with Gasteiger partial charge in [-0.25, -0.2) is 0 Å². The number of thioether (sulfide) groups is 1. The van der Waals surface area contributed by atoms with Gasteiger partial charge in [0.25, 0.3) is 0 Å². The van der Waals surface area contributed by atoms with Gasteiger partial charge < -0.3 is 8.98 Å². The SMILES string of the molecule is CCn1c(S[C@@H](C)c2nnc(-c3ccc(C)cc3)o2)nnc1-c1ccccc1C. The zero-order chi connectivity index (χ0) is 20.4. The molecule has 0 radical (unpaired) electrons. The van der Waals surface area contributed by atoms with Crippen LogP contribution in [0.4, 0.5) is 0 Å². The van der Waals surface area contributed by atoms with Gasteiger partial charge in [0.2, 0.25) is 11.8 Å². The van der Waals surface area contributed by atoms with Crippen molar-refractivity contribution in [1.29, 1.82) is 0 Å². The number of benzene rings is 2. The van der Waals surface area contributed by atoms with Crippen LogP contribution in [-0.4, -0.2) is 25.0 Å². The third-order valence-corrected chi connectivity index (χ3v) is 5.86. The summed E-state index contributed by atoms with van der Waals surface area (Å²) in [4.78, 5) is 0. The molecule has 2 heterocycles. The van der Waals surface area contributed by atoms with Crippen LogP contribution in [0.25, 0.3) is 22.8 Å². The van der Waals surface area contributed by atoms with Crippen molar-refractivity contribution in [3.63, 3.8) is 0 Å². The van der Waals surface area contributed by atoms with Crippen LogP contribution in [-0.2, 0) is 6.54 Å². The Kier molecular flexibility index (Phi) is 5.49. The van der Waals surface area contributed by atoms with Crippen molar-refractivity contribution in [3.8, 4) is 22.8 Å². The van der Waals surface area contributed by atoms with Gasteiger partial charge in [-0.05, 0) is 45.4 Å². The highest BCUT2D eigenvalue weighted by molar-refractivity contribution is 7.99. The van der Waals surface area contributed by atoms with Crippen molar-refractivity contribution in [2.75, 3.05) is 0 Å². The first-order valence-corrected chi connectivity index (χ1v) is 10.5. The molecule has 148 valence electrons. The monoisotopic (exact) mass is 405 g/mol. The predicted octanol–water partition coefficient (Wildman–Crippen LogP) is 5.49. The van der Waals surface area contributed by atoms with Gasteiger partial charge in [-0.3, -0.25) is 0 Å². The fourth-order valence-electron chi connectivity index (χ4n) is 3.10. The van der Waals surface area contributed by atoms with Crippen LogP contribution >= 0.6 is 11.8 Å². The van der Waals surface area contributed by atoms with Crippen molar-refractivity contribution < 1.29 is 4.42 Å². The van der Waals surface area contributed by atoms with E-state index in [4.69, 9.17) is 4.42 Å². The number of aromatic nitrogens is 5. The number of aryl methyl sites for hydroxylation is 2. The molecule has 4 rings (SSSR count). The second-order valence-electron chi connectivity index (χ2n) is 6.94. The van der Waals surface area contributed by atoms with Crippen LogP contribution in [0.3, 0.4) is 0 Å². The maximum atomic E-state index is 5.93. The van der Waals surface area contributed by atoms with Gasteiger partial charge in [0.1, 0.15) is 0 Å². The fraction of sp³-hybridized carbons (Fsp3) is 0.273. The predicted molar refractivity (Wildman–Crippen MR) is 115 cm³/mol. The molecule has 0 saturated carbocycles. The molecule has 2 aromatic carbocycles. The zero-order valence-corrected chi connectivity index (χ0v) is 17.8. The molecule has 6 nitrogen and oxygen atoms in total. The van der Waals surface area contributed by atoms with Crippen LogP contribution < -0.4 is 0 Å². The summed E-state index contributed by atoms with van der Waals surface area (Å²) in [6.45, 7) is 9.06. The molecular weight excluding hydrogens is 382 g/mol. The lowest BCUT2D eigenvalue weighted by molar-refractivity contribution is 0.508. The third-order valence-electron chi connectivity index (χ3n) is 4.79. The van der Waals surface area contributed by atoms with Gasteiger partial charge >= 0.3 is 0 Å². The minimum absolute atomic E-state index is 0.0408. The van der Waals surface area contributed by atoms with E-state index in [1.807, 2.05) is 43.3 Å². The molecule has 0 aliphatic rings. The molecule has 0 unspecified atom stereocenters. The Bertz CT molecular complexity index is 1120. The molecule has 0 fully saturated rings. The highest BCUT2D eigenvalue weighted by atomic mass is 32.2. The smallest absolute Gasteiger partial charge is 0.247 e. The summed E-state index contributed by atoms with van der Waals surface area (Å²) in [6, 6.07) is 16.3. The molecule has 0 aliphatic carbocycles. The van der Waals surface area contributed by atoms with E-state index in [0.29, 0.717) is 11.8 Å². The summed E-state index contributed by atoms with van der Waals surface area (Å²) in [5.41, 5.74) is 4.39. The van der Waals surface area contributed by atoms with Crippen LogP contribution in [0.1, 0.15) is 36.1 Å². The average molecular weight is 406 g/mol. The number of hydrogen-bond donors (Lipinski definition) is 0. The standard InChI is InChI=1S/C22H23N5OS/c1-5-27-19(18-9-7-6-8-15(18)3)23-26-22(27)29-16(4)20-24-25-21(28-20)17-12-10-14(2)11-13-17/h6-13,16H,5H2,1-4H3/t16-/m0/s1. The van der Waals surface area contributed by atoms with Crippen molar-refractivity contribution in [3.05, 3.63) is 65.5 Å². The van der Waals surface area contributed by atoms with Crippen LogP contribution in [0.5, 0.6) is 0 Å². The quantitative estimate of drug-likeness (QED) is 0.395. The first-order valence-electron chi connectivity index (χ1n) is 9.63. The van der Waals surface area contributed by atoms with Gasteiger partial charge in [0.05, 0.1) is 5.25 Å². The van der Waals surface area contributed by atoms with Crippen molar-refractivity contribution in [2.24, 2.45) is 0 Å². The molecule has 0 spiro atoms. The zero-order valence-electron chi connectivity index (χ0n) is 17.0. The summed E-state index contributed by atoms with van der Waals surface area (Å²) in [6.07, 6.45) is 0. The van der Waals surface area contributed by atoms with E-state index in [0.717, 1.165) is 28.7 Å². The molecule has 1 atom stereocenters. The number of hydrogen-bond acceptors (Lipinski definition) is 6. The molecule has 7 heteroatoms. The van der Waals surface area contributed by atoms with Crippen LogP contribution in [0.2, 0.25) is 0 Å². The summed E-state index contributed by atoms with van der Waals surface area (Å²) in [5, 5.41) is 18.1. The Labute approximate surface area is 174 Å². The topological polar surface area (TPSA) is 69.6 Å². The Morgan fingerprint density at radius 3 is 2.45 bits per heavy atom. The Morgan fingerprint density at radius 2 is 1.72 bits per heavy atom. The lowest BCUT2D eigenvalue weighted by Crippen LogP contribution is -2.01. The third kappa shape index (κ3) is 3.96. The normalized spacial score (nSPS) is 12.3. The first kappa shape index (κ1) is 19.4. The summed E-state index contributed by atoms with van der Waals surface area (Å²) < 4.78 is 8.05. The second-order valence-corrected chi connectivity index (χ2v) is 8.24. The molecule has 4 aromatic rings. The van der Waals surface area contributed by atoms with E-state index >= 15 is 0 Å². The molecule has 0 bridgehead atoms. The lowest BCUT2D eigenvalue weighted by atomic mass is 10.1. The van der Waals surface area contributed by atoms with E-state index in [-0.39, 0.29) is 5.25 Å². The van der Waals surface area contributed by atoms with Gasteiger partial charge in [-0.15, -0.1) is 20.4 Å². The molecule has 29 heavy (non-hydrogen) atoms. The second kappa shape index (κ2) is 8.21. The highest BCUT2D eigenvalue weighted by Crippen LogP contribution is 2.36. The van der Waals surface area contributed by atoms with Crippen molar-refractivity contribution in [2.45, 2.75) is 44.6 Å². The summed E-state index contributed by atoms with van der Waals surface area (Å²) in [7, 11) is 0. The number of rotatable bonds is 6. The van der Waals surface area contributed by atoms with E-state index in [1.54, 1.807) is 11.8 Å². The molecular formula is C22H23N5OS. The van der Waals surface area contributed by atoms with Gasteiger partial charge in [-0.2, -0.15) is 0 Å². The van der Waals surface area contributed by atoms with Crippen molar-refractivity contribution in [1.82, 2.24) is 25.0 Å². The minimum Gasteiger partial charge on any atom is -0.419 e. The fourth-order valence-corrected chi connectivity index (χ4v) is 4.05. The van der Waals surface area contributed by atoms with Gasteiger partial charge in [-0.1, -0.05) is 53.7 Å². The molecule has 0 amide bonds. The van der Waals surface area contributed by atoms with E-state index in [2.05, 4.69) is 57.9 Å². The van der Waals surface area contributed by atoms with Crippen LogP contribution in [0, 0.1) is 13.8 Å². The van der Waals surface area contributed by atoms with E-state index in [1.165, 1.54) is 11.1 Å². The first-order chi connectivity index (χ1) is 14.1. The van der Waals surface area contributed by atoms with Crippen LogP contribution in [0.15, 0.2) is 58.1 Å². The van der Waals surface area contributed by atoms with E-state index in [9.17, 15) is 0 Å². The summed E-state index contributed by atoms with van der Waals surface area (Å²) in [5.74, 6) is 1.99. The molecule has 2 aromatic heterocycles. The molecule has 0 saturated heterocycles. The average Bonchev–Trinajstić information content (AvgIpc) is 3.36. The lowest BCUT2D eigenvalue weighted by Gasteiger charge is -2.10. The molecule has 0 aliphatic heterocycles. The van der Waals surface area contributed by atoms with Gasteiger partial charge in [0.15, 0.2) is 11.0 Å². The minimum atomic E-state index is -0.0408. The van der Waals surface area contributed by atoms with Crippen molar-refractivity contribution >= 4 is 11.8 Å². The van der Waals surface area contributed by atoms with Gasteiger partial charge in [0, 0.05) is 17.7 Å². The highest BCUT2D eigenvalue weighted by Gasteiger charge is 2.21. The number of nitrogens with zero attached hydrogens (tertiary/aromatic N) is 5. The Balaban J connectivity index is 1.57. The molecule has 0 N–H and O–H groups in total.